The van der Waals surface area contributed by atoms with Crippen LogP contribution >= 0.6 is 20.1 Å². The molecule has 13 rings (SSSR count). The van der Waals surface area contributed by atoms with E-state index in [1.807, 2.05) is 0 Å². The molecule has 334 valence electrons. The van der Waals surface area contributed by atoms with Crippen LogP contribution in [0.3, 0.4) is 0 Å². The van der Waals surface area contributed by atoms with Gasteiger partial charge in [-0.05, 0) is 133 Å². The number of fused-ring (bicyclic) bond motifs is 6. The molecule has 0 fully saturated rings. The molecule has 0 N–H and O–H groups in total. The average molecular weight is 933 g/mol. The molecule has 2 nitrogen and oxygen atoms in total. The fourth-order valence-electron chi connectivity index (χ4n) is 11.1. The van der Waals surface area contributed by atoms with Gasteiger partial charge in [-0.3, -0.25) is 0 Å². The molecule has 2 aromatic heterocycles. The van der Waals surface area contributed by atoms with E-state index in [2.05, 4.69) is 300 Å². The Morgan fingerprint density at radius 3 is 1.09 bits per heavy atom. The Balaban J connectivity index is 1.05. The van der Waals surface area contributed by atoms with Gasteiger partial charge in [0.15, 0.2) is 0 Å². The van der Waals surface area contributed by atoms with Crippen LogP contribution in [0.2, 0.25) is 0 Å². The van der Waals surface area contributed by atoms with Gasteiger partial charge in [0, 0.05) is 72.1 Å². The lowest BCUT2D eigenvalue weighted by Crippen LogP contribution is -2.06. The second kappa shape index (κ2) is 17.4. The number of benzene rings is 11. The van der Waals surface area contributed by atoms with E-state index in [1.165, 1.54) is 82.8 Å². The van der Waals surface area contributed by atoms with Gasteiger partial charge in [-0.15, -0.1) is 20.1 Å². The predicted octanol–water partition coefficient (Wildman–Crippen LogP) is 18.6. The van der Waals surface area contributed by atoms with Gasteiger partial charge in [-0.25, -0.2) is 0 Å². The maximum atomic E-state index is 2.50. The number of aromatic nitrogens is 2. The third-order valence-corrected chi connectivity index (χ3v) is 21.8. The second-order valence-corrected chi connectivity index (χ2v) is 23.8. The van der Waals surface area contributed by atoms with Crippen LogP contribution in [0.4, 0.5) is 0 Å². The van der Waals surface area contributed by atoms with Crippen LogP contribution in [0.15, 0.2) is 330 Å². The fraction of sp³-hybridized carbons (Fsp3) is 0. The molecule has 0 spiro atoms. The highest BCUT2D eigenvalue weighted by molar-refractivity contribution is 8.34. The molecule has 0 unspecified atom stereocenters. The van der Waals surface area contributed by atoms with Gasteiger partial charge >= 0.3 is 0 Å². The first-order chi connectivity index (χ1) is 34.8. The molecule has 0 saturated carbocycles. The molecule has 0 aliphatic carbocycles. The van der Waals surface area contributed by atoms with E-state index in [0.29, 0.717) is 0 Å². The molecule has 0 aliphatic heterocycles. The topological polar surface area (TPSA) is 9.86 Å². The first-order valence-electron chi connectivity index (χ1n) is 23.9. The van der Waals surface area contributed by atoms with Crippen LogP contribution in [-0.2, 0) is 0 Å². The molecule has 0 radical (unpaired) electrons. The summed E-state index contributed by atoms with van der Waals surface area (Å²) in [7, 11) is -3.86. The third kappa shape index (κ3) is 6.45. The number of hydrogen-bond acceptors (Lipinski definition) is 0. The smallest absolute Gasteiger partial charge is 0.0552 e. The lowest BCUT2D eigenvalue weighted by atomic mass is 10.1. The zero-order chi connectivity index (χ0) is 46.5. The average Bonchev–Trinajstić information content (AvgIpc) is 3.96. The van der Waals surface area contributed by atoms with Crippen molar-refractivity contribution in [2.24, 2.45) is 0 Å². The summed E-state index contributed by atoms with van der Waals surface area (Å²) >= 11 is 0. The lowest BCUT2D eigenvalue weighted by Gasteiger charge is -2.42. The third-order valence-electron chi connectivity index (χ3n) is 13.9. The van der Waals surface area contributed by atoms with Gasteiger partial charge in [-0.1, -0.05) is 158 Å². The first-order valence-corrected chi connectivity index (χ1v) is 27.2. The molecule has 0 atom stereocenters. The zero-order valence-corrected chi connectivity index (χ0v) is 40.1. The van der Waals surface area contributed by atoms with Gasteiger partial charge in [0.05, 0.1) is 22.1 Å². The van der Waals surface area contributed by atoms with Gasteiger partial charge in [0.1, 0.15) is 0 Å². The van der Waals surface area contributed by atoms with Crippen molar-refractivity contribution >= 4 is 63.7 Å². The van der Waals surface area contributed by atoms with E-state index in [0.717, 1.165) is 11.4 Å². The molecule has 0 saturated heterocycles. The molecule has 13 aromatic rings. The monoisotopic (exact) mass is 932 g/mol. The number of rotatable bonds is 10. The Labute approximate surface area is 412 Å². The highest BCUT2D eigenvalue weighted by Gasteiger charge is 2.36. The summed E-state index contributed by atoms with van der Waals surface area (Å²) in [5.74, 6) is 0. The Kier molecular flexibility index (Phi) is 10.4. The molecular formula is C66H48N2S2. The van der Waals surface area contributed by atoms with Crippen LogP contribution in [0, 0.1) is 0 Å². The minimum atomic E-state index is -1.97. The molecule has 2 heterocycles. The highest BCUT2D eigenvalue weighted by Crippen LogP contribution is 2.75. The summed E-state index contributed by atoms with van der Waals surface area (Å²) < 4.78 is 4.98. The van der Waals surface area contributed by atoms with Crippen LogP contribution in [0.25, 0.3) is 55.0 Å². The quantitative estimate of drug-likeness (QED) is 0.129. The summed E-state index contributed by atoms with van der Waals surface area (Å²) in [6.45, 7) is 0. The van der Waals surface area contributed by atoms with Crippen LogP contribution in [0.1, 0.15) is 0 Å². The maximum Gasteiger partial charge on any atom is 0.0552 e. The normalized spacial score (nSPS) is 12.5. The first kappa shape index (κ1) is 41.9. The summed E-state index contributed by atoms with van der Waals surface area (Å²) in [5, 5.41) is 4.96. The van der Waals surface area contributed by atoms with Crippen molar-refractivity contribution in [3.05, 3.63) is 291 Å². The predicted molar refractivity (Wildman–Crippen MR) is 295 cm³/mol. The summed E-state index contributed by atoms with van der Waals surface area (Å²) in [5.41, 5.74) is 7.00. The SMILES string of the molecule is c1ccc(S(c2ccccc2)(c2ccccc2)c2cccc(-n3c4ccccc4c4cc(-n5c6ccccc6c6c(S(c7ccccc7)(c7ccccc7)c7ccccc7)cccc65)ccc43)c2)cc1. The van der Waals surface area contributed by atoms with E-state index in [9.17, 15) is 0 Å². The van der Waals surface area contributed by atoms with Crippen molar-refractivity contribution < 1.29 is 0 Å². The standard InChI is InChI=1S/C66H48N2S2/c1-7-26-51(27-8-1)69(52-28-9-2-10-29-52,53-30-11-3-12-31-53)57-38-23-25-49(47-57)67-61-41-21-19-39-58(61)60-48-50(45-46-63(60)67)68-62-42-22-20-40-59(62)66-64(68)43-24-44-65(66)70(54-32-13-4-14-33-54,55-34-15-5-16-35-55)56-36-17-6-18-37-56/h1-48H. The minimum absolute atomic E-state index is 1.13. The van der Waals surface area contributed by atoms with Gasteiger partial charge in [-0.2, -0.15) is 0 Å². The second-order valence-electron chi connectivity index (χ2n) is 17.7. The van der Waals surface area contributed by atoms with Crippen LogP contribution < -0.4 is 0 Å². The summed E-state index contributed by atoms with van der Waals surface area (Å²) in [6.07, 6.45) is 0. The zero-order valence-electron chi connectivity index (χ0n) is 38.4. The molecule has 11 aromatic carbocycles. The Hall–Kier alpha value is -8.28. The van der Waals surface area contributed by atoms with E-state index in [4.69, 9.17) is 0 Å². The maximum absolute atomic E-state index is 2.50. The summed E-state index contributed by atoms with van der Waals surface area (Å²) in [4.78, 5) is 10.5. The Morgan fingerprint density at radius 1 is 0.214 bits per heavy atom. The van der Waals surface area contributed by atoms with E-state index in [1.54, 1.807) is 0 Å². The summed E-state index contributed by atoms with van der Waals surface area (Å²) in [6, 6.07) is 108. The van der Waals surface area contributed by atoms with Crippen LogP contribution in [-0.4, -0.2) is 9.13 Å². The highest BCUT2D eigenvalue weighted by atomic mass is 32.3. The van der Waals surface area contributed by atoms with Crippen molar-refractivity contribution in [2.45, 2.75) is 39.2 Å². The van der Waals surface area contributed by atoms with Crippen molar-refractivity contribution in [3.63, 3.8) is 0 Å². The Morgan fingerprint density at radius 2 is 0.571 bits per heavy atom. The molecule has 0 bridgehead atoms. The van der Waals surface area contributed by atoms with Crippen LogP contribution in [0.5, 0.6) is 0 Å². The van der Waals surface area contributed by atoms with Gasteiger partial charge < -0.3 is 9.13 Å². The molecular weight excluding hydrogens is 885 g/mol. The molecule has 4 heteroatoms. The number of para-hydroxylation sites is 2. The lowest BCUT2D eigenvalue weighted by molar-refractivity contribution is 1.14. The molecule has 0 aliphatic rings. The van der Waals surface area contributed by atoms with Gasteiger partial charge in [0.25, 0.3) is 0 Å². The van der Waals surface area contributed by atoms with Crippen molar-refractivity contribution in [3.8, 4) is 11.4 Å². The van der Waals surface area contributed by atoms with E-state index < -0.39 is 20.1 Å². The molecule has 0 amide bonds. The van der Waals surface area contributed by atoms with E-state index >= 15 is 0 Å². The Bertz CT molecular complexity index is 3790. The fourth-order valence-corrected chi connectivity index (χ4v) is 19.1. The largest absolute Gasteiger partial charge is 0.309 e. The van der Waals surface area contributed by atoms with Crippen molar-refractivity contribution in [1.82, 2.24) is 9.13 Å². The number of nitrogens with zero attached hydrogens (tertiary/aromatic N) is 2. The minimum Gasteiger partial charge on any atom is -0.309 e. The van der Waals surface area contributed by atoms with E-state index in [-0.39, 0.29) is 0 Å². The van der Waals surface area contributed by atoms with Gasteiger partial charge in [0.2, 0.25) is 0 Å². The van der Waals surface area contributed by atoms with Crippen molar-refractivity contribution in [2.75, 3.05) is 0 Å². The number of hydrogen-bond donors (Lipinski definition) is 0. The van der Waals surface area contributed by atoms with Crippen molar-refractivity contribution in [1.29, 1.82) is 0 Å². The molecule has 70 heavy (non-hydrogen) atoms.